The zero-order valence-electron chi connectivity index (χ0n) is 15.8. The highest BCUT2D eigenvalue weighted by Crippen LogP contribution is 2.31. The van der Waals surface area contributed by atoms with Gasteiger partial charge in [-0.3, -0.25) is 0 Å². The zero-order chi connectivity index (χ0) is 18.7. The van der Waals surface area contributed by atoms with E-state index in [-0.39, 0.29) is 5.97 Å². The first-order valence-electron chi connectivity index (χ1n) is 8.32. The van der Waals surface area contributed by atoms with Crippen LogP contribution in [0, 0.1) is 6.92 Å². The van der Waals surface area contributed by atoms with Crippen LogP contribution in [0.25, 0.3) is 0 Å². The molecule has 0 aliphatic rings. The predicted molar refractivity (Wildman–Crippen MR) is 102 cm³/mol. The van der Waals surface area contributed by atoms with Gasteiger partial charge in [0.1, 0.15) is 11.4 Å². The highest BCUT2D eigenvalue weighted by molar-refractivity contribution is 7.99. The Labute approximate surface area is 154 Å². The minimum Gasteiger partial charge on any atom is -0.476 e. The molecule has 25 heavy (non-hydrogen) atoms. The van der Waals surface area contributed by atoms with E-state index >= 15 is 0 Å². The van der Waals surface area contributed by atoms with E-state index in [9.17, 15) is 4.79 Å². The van der Waals surface area contributed by atoms with Crippen molar-refractivity contribution in [3.63, 3.8) is 0 Å². The first-order valence-corrected chi connectivity index (χ1v) is 9.14. The van der Waals surface area contributed by atoms with Gasteiger partial charge in [0.25, 0.3) is 0 Å². The van der Waals surface area contributed by atoms with Gasteiger partial charge in [-0.05, 0) is 71.9 Å². The Morgan fingerprint density at radius 2 is 1.56 bits per heavy atom. The monoisotopic (exact) mass is 358 g/mol. The first kappa shape index (κ1) is 19.4. The van der Waals surface area contributed by atoms with Crippen molar-refractivity contribution >= 4 is 17.7 Å². The summed E-state index contributed by atoms with van der Waals surface area (Å²) in [5.41, 5.74) is -0.359. The maximum absolute atomic E-state index is 12.3. The van der Waals surface area contributed by atoms with Crippen LogP contribution >= 0.6 is 11.8 Å². The SMILES string of the molecule is Cc1ccc(Sc2cccc(OC(C)(C)C(=O)OC(C)(C)C)c2)cc1. The largest absolute Gasteiger partial charge is 0.476 e. The standard InChI is InChI=1S/C21H26O3S/c1-15-10-12-17(13-11-15)25-18-9-7-8-16(14-18)23-21(5,6)19(22)24-20(2,3)4/h7-14H,1-6H3. The molecule has 2 rings (SSSR count). The van der Waals surface area contributed by atoms with Gasteiger partial charge in [-0.25, -0.2) is 4.79 Å². The molecule has 0 amide bonds. The van der Waals surface area contributed by atoms with E-state index < -0.39 is 11.2 Å². The lowest BCUT2D eigenvalue weighted by Crippen LogP contribution is -2.43. The summed E-state index contributed by atoms with van der Waals surface area (Å²) in [5, 5.41) is 0. The highest BCUT2D eigenvalue weighted by Gasteiger charge is 2.34. The van der Waals surface area contributed by atoms with E-state index in [0.717, 1.165) is 9.79 Å². The van der Waals surface area contributed by atoms with E-state index in [1.807, 2.05) is 45.0 Å². The van der Waals surface area contributed by atoms with Gasteiger partial charge in [0, 0.05) is 9.79 Å². The molecule has 2 aromatic rings. The van der Waals surface area contributed by atoms with E-state index in [4.69, 9.17) is 9.47 Å². The predicted octanol–water partition coefficient (Wildman–Crippen LogP) is 5.65. The van der Waals surface area contributed by atoms with E-state index in [0.29, 0.717) is 5.75 Å². The van der Waals surface area contributed by atoms with Gasteiger partial charge in [-0.2, -0.15) is 0 Å². The van der Waals surface area contributed by atoms with Gasteiger partial charge in [-0.15, -0.1) is 0 Å². The zero-order valence-corrected chi connectivity index (χ0v) is 16.6. The maximum Gasteiger partial charge on any atom is 0.350 e. The van der Waals surface area contributed by atoms with Crippen LogP contribution in [0.1, 0.15) is 40.2 Å². The summed E-state index contributed by atoms with van der Waals surface area (Å²) in [6.07, 6.45) is 0. The van der Waals surface area contributed by atoms with Crippen LogP contribution in [0.15, 0.2) is 58.3 Å². The molecule has 0 aliphatic heterocycles. The number of benzene rings is 2. The molecule has 0 spiro atoms. The summed E-state index contributed by atoms with van der Waals surface area (Å²) in [4.78, 5) is 14.6. The Hall–Kier alpha value is -1.94. The Bertz CT molecular complexity index is 728. The fraction of sp³-hybridized carbons (Fsp3) is 0.381. The van der Waals surface area contributed by atoms with E-state index in [1.54, 1.807) is 25.6 Å². The second kappa shape index (κ2) is 7.52. The van der Waals surface area contributed by atoms with Gasteiger partial charge in [0.2, 0.25) is 0 Å². The summed E-state index contributed by atoms with van der Waals surface area (Å²) in [7, 11) is 0. The fourth-order valence-corrected chi connectivity index (χ4v) is 2.95. The molecular weight excluding hydrogens is 332 g/mol. The molecule has 0 unspecified atom stereocenters. The third-order valence-corrected chi connectivity index (χ3v) is 4.32. The molecule has 0 saturated carbocycles. The second-order valence-electron chi connectivity index (χ2n) is 7.50. The number of ether oxygens (including phenoxy) is 2. The lowest BCUT2D eigenvalue weighted by atomic mass is 10.1. The molecular formula is C21H26O3S. The molecule has 0 heterocycles. The van der Waals surface area contributed by atoms with Gasteiger partial charge in [0.15, 0.2) is 5.60 Å². The van der Waals surface area contributed by atoms with Crippen LogP contribution < -0.4 is 4.74 Å². The highest BCUT2D eigenvalue weighted by atomic mass is 32.2. The normalized spacial score (nSPS) is 11.9. The van der Waals surface area contributed by atoms with Crippen LogP contribution in [-0.4, -0.2) is 17.2 Å². The smallest absolute Gasteiger partial charge is 0.350 e. The van der Waals surface area contributed by atoms with Crippen molar-refractivity contribution in [3.8, 4) is 5.75 Å². The van der Waals surface area contributed by atoms with Crippen molar-refractivity contribution in [2.45, 2.75) is 62.5 Å². The van der Waals surface area contributed by atoms with Crippen molar-refractivity contribution in [1.82, 2.24) is 0 Å². The number of rotatable bonds is 5. The molecule has 0 aromatic heterocycles. The van der Waals surface area contributed by atoms with Crippen molar-refractivity contribution in [3.05, 3.63) is 54.1 Å². The Morgan fingerprint density at radius 3 is 2.16 bits per heavy atom. The molecule has 0 aliphatic carbocycles. The number of carbonyl (C=O) groups is 1. The molecule has 0 N–H and O–H groups in total. The van der Waals surface area contributed by atoms with Crippen molar-refractivity contribution < 1.29 is 14.3 Å². The van der Waals surface area contributed by atoms with E-state index in [2.05, 4.69) is 31.2 Å². The Kier molecular flexibility index (Phi) is 5.83. The van der Waals surface area contributed by atoms with Crippen LogP contribution in [-0.2, 0) is 9.53 Å². The molecule has 0 fully saturated rings. The Balaban J connectivity index is 2.10. The van der Waals surface area contributed by atoms with Gasteiger partial charge >= 0.3 is 5.97 Å². The summed E-state index contributed by atoms with van der Waals surface area (Å²) < 4.78 is 11.4. The molecule has 134 valence electrons. The molecule has 0 saturated heterocycles. The van der Waals surface area contributed by atoms with Gasteiger partial charge in [0.05, 0.1) is 0 Å². The number of esters is 1. The lowest BCUT2D eigenvalue weighted by Gasteiger charge is -2.29. The summed E-state index contributed by atoms with van der Waals surface area (Å²) in [6, 6.07) is 16.1. The van der Waals surface area contributed by atoms with E-state index in [1.165, 1.54) is 5.56 Å². The average molecular weight is 359 g/mol. The van der Waals surface area contributed by atoms with Gasteiger partial charge < -0.3 is 9.47 Å². The molecule has 0 atom stereocenters. The van der Waals surface area contributed by atoms with Crippen LogP contribution in [0.4, 0.5) is 0 Å². The quantitative estimate of drug-likeness (QED) is 0.648. The number of carbonyl (C=O) groups excluding carboxylic acids is 1. The minimum absolute atomic E-state index is 0.378. The molecule has 0 bridgehead atoms. The maximum atomic E-state index is 12.3. The van der Waals surface area contributed by atoms with Crippen molar-refractivity contribution in [2.75, 3.05) is 0 Å². The summed E-state index contributed by atoms with van der Waals surface area (Å²) in [5.74, 6) is 0.268. The number of hydrogen-bond acceptors (Lipinski definition) is 4. The molecule has 2 aromatic carbocycles. The number of hydrogen-bond donors (Lipinski definition) is 0. The topological polar surface area (TPSA) is 35.5 Å². The molecule has 3 nitrogen and oxygen atoms in total. The van der Waals surface area contributed by atoms with Gasteiger partial charge in [-0.1, -0.05) is 35.5 Å². The van der Waals surface area contributed by atoms with Crippen molar-refractivity contribution in [2.24, 2.45) is 0 Å². The average Bonchev–Trinajstić information content (AvgIpc) is 2.48. The second-order valence-corrected chi connectivity index (χ2v) is 8.65. The Morgan fingerprint density at radius 1 is 0.920 bits per heavy atom. The van der Waals surface area contributed by atoms with Crippen LogP contribution in [0.2, 0.25) is 0 Å². The van der Waals surface area contributed by atoms with Crippen LogP contribution in [0.5, 0.6) is 5.75 Å². The molecule has 4 heteroatoms. The number of aryl methyl sites for hydroxylation is 1. The first-order chi connectivity index (χ1) is 11.5. The lowest BCUT2D eigenvalue weighted by molar-refractivity contribution is -0.170. The van der Waals surface area contributed by atoms with Crippen LogP contribution in [0.3, 0.4) is 0 Å². The fourth-order valence-electron chi connectivity index (χ4n) is 2.08. The minimum atomic E-state index is -1.06. The third kappa shape index (κ3) is 6.13. The third-order valence-electron chi connectivity index (χ3n) is 3.33. The van der Waals surface area contributed by atoms with Crippen molar-refractivity contribution in [1.29, 1.82) is 0 Å². The molecule has 0 radical (unpaired) electrons. The summed E-state index contributed by atoms with van der Waals surface area (Å²) >= 11 is 1.66. The summed E-state index contributed by atoms with van der Waals surface area (Å²) in [6.45, 7) is 11.1.